The van der Waals surface area contributed by atoms with Crippen LogP contribution in [-0.4, -0.2) is 19.9 Å². The lowest BCUT2D eigenvalue weighted by Gasteiger charge is -2.08. The molecule has 0 aliphatic rings. The zero-order valence-electron chi connectivity index (χ0n) is 11.2. The second-order valence-electron chi connectivity index (χ2n) is 4.18. The van der Waals surface area contributed by atoms with Crippen LogP contribution in [0.15, 0.2) is 53.6 Å². The smallest absolute Gasteiger partial charge is 0.263 e. The van der Waals surface area contributed by atoms with Crippen LogP contribution in [0.3, 0.4) is 0 Å². The number of nitrogens with one attached hydrogen (secondary N) is 2. The summed E-state index contributed by atoms with van der Waals surface area (Å²) in [5.41, 5.74) is 0.766. The summed E-state index contributed by atoms with van der Waals surface area (Å²) < 4.78 is 26.7. The molecule has 1 aromatic heterocycles. The molecule has 0 unspecified atom stereocenters. The van der Waals surface area contributed by atoms with Crippen molar-refractivity contribution in [2.45, 2.75) is 11.3 Å². The van der Waals surface area contributed by atoms with Crippen molar-refractivity contribution in [1.29, 1.82) is 5.26 Å². The highest BCUT2D eigenvalue weighted by Crippen LogP contribution is 2.16. The fraction of sp³-hybridized carbons (Fsp3) is 0.143. The zero-order valence-corrected chi connectivity index (χ0v) is 12.0. The molecule has 1 aromatic carbocycles. The lowest BCUT2D eigenvalue weighted by Crippen LogP contribution is -2.13. The normalized spacial score (nSPS) is 10.6. The van der Waals surface area contributed by atoms with Gasteiger partial charge in [0.2, 0.25) is 0 Å². The van der Waals surface area contributed by atoms with E-state index in [0.717, 1.165) is 5.69 Å². The van der Waals surface area contributed by atoms with Crippen molar-refractivity contribution in [3.63, 3.8) is 0 Å². The summed E-state index contributed by atoms with van der Waals surface area (Å²) in [7, 11) is -3.65. The maximum Gasteiger partial charge on any atom is 0.263 e. The first-order valence-corrected chi connectivity index (χ1v) is 7.75. The van der Waals surface area contributed by atoms with E-state index in [1.54, 1.807) is 30.3 Å². The molecule has 2 rings (SSSR count). The highest BCUT2D eigenvalue weighted by Gasteiger charge is 2.14. The lowest BCUT2D eigenvalue weighted by molar-refractivity contribution is 0.601. The van der Waals surface area contributed by atoms with Gasteiger partial charge in [-0.05, 0) is 36.4 Å². The van der Waals surface area contributed by atoms with Crippen LogP contribution in [0.2, 0.25) is 0 Å². The van der Waals surface area contributed by atoms with Crippen molar-refractivity contribution in [2.75, 3.05) is 16.6 Å². The molecule has 108 valence electrons. The molecule has 1 heterocycles. The number of hydrogen-bond acceptors (Lipinski definition) is 5. The highest BCUT2D eigenvalue weighted by atomic mass is 32.2. The Morgan fingerprint density at radius 1 is 1.14 bits per heavy atom. The molecule has 21 heavy (non-hydrogen) atoms. The van der Waals surface area contributed by atoms with Crippen LogP contribution in [0.4, 0.5) is 11.5 Å². The number of rotatable bonds is 6. The van der Waals surface area contributed by atoms with Gasteiger partial charge in [0.25, 0.3) is 10.0 Å². The van der Waals surface area contributed by atoms with Gasteiger partial charge in [0.1, 0.15) is 5.82 Å². The second kappa shape index (κ2) is 6.72. The fourth-order valence-electron chi connectivity index (χ4n) is 1.63. The number of pyridine rings is 1. The molecule has 0 spiro atoms. The van der Waals surface area contributed by atoms with Gasteiger partial charge in [-0.15, -0.1) is 0 Å². The van der Waals surface area contributed by atoms with Gasteiger partial charge in [0.15, 0.2) is 0 Å². The summed E-state index contributed by atoms with van der Waals surface area (Å²) in [6, 6.07) is 13.3. The Kier molecular flexibility index (Phi) is 4.74. The molecule has 0 aliphatic heterocycles. The molecule has 0 fully saturated rings. The van der Waals surface area contributed by atoms with Crippen molar-refractivity contribution >= 4 is 21.5 Å². The summed E-state index contributed by atoms with van der Waals surface area (Å²) in [6.07, 6.45) is 1.90. The predicted octanol–water partition coefficient (Wildman–Crippen LogP) is 2.21. The van der Waals surface area contributed by atoms with Gasteiger partial charge in [-0.3, -0.25) is 4.72 Å². The molecule has 0 atom stereocenters. The Labute approximate surface area is 123 Å². The molecular formula is C14H14N4O2S. The Balaban J connectivity index is 2.09. The largest absolute Gasteiger partial charge is 0.384 e. The van der Waals surface area contributed by atoms with E-state index in [1.807, 2.05) is 6.07 Å². The van der Waals surface area contributed by atoms with Crippen molar-refractivity contribution in [1.82, 2.24) is 4.98 Å². The molecular weight excluding hydrogens is 288 g/mol. The van der Waals surface area contributed by atoms with Crippen LogP contribution >= 0.6 is 0 Å². The predicted molar refractivity (Wildman–Crippen MR) is 80.2 cm³/mol. The summed E-state index contributed by atoms with van der Waals surface area (Å²) in [6.45, 7) is 0.523. The van der Waals surface area contributed by atoms with E-state index < -0.39 is 10.0 Å². The monoisotopic (exact) mass is 302 g/mol. The topological polar surface area (TPSA) is 94.9 Å². The number of sulfonamides is 1. The van der Waals surface area contributed by atoms with Crippen LogP contribution in [0, 0.1) is 11.3 Å². The van der Waals surface area contributed by atoms with E-state index in [2.05, 4.69) is 15.0 Å². The number of aromatic nitrogens is 1. The average Bonchev–Trinajstić information content (AvgIpc) is 2.49. The van der Waals surface area contributed by atoms with E-state index in [0.29, 0.717) is 13.0 Å². The van der Waals surface area contributed by atoms with E-state index >= 15 is 0 Å². The number of nitriles is 1. The minimum absolute atomic E-state index is 0.152. The average molecular weight is 302 g/mol. The Morgan fingerprint density at radius 2 is 1.90 bits per heavy atom. The maximum absolute atomic E-state index is 12.2. The molecule has 2 aromatic rings. The molecule has 2 N–H and O–H groups in total. The quantitative estimate of drug-likeness (QED) is 0.798. The van der Waals surface area contributed by atoms with Crippen molar-refractivity contribution < 1.29 is 8.42 Å². The first kappa shape index (κ1) is 14.8. The third kappa shape index (κ3) is 4.19. The van der Waals surface area contributed by atoms with Crippen molar-refractivity contribution in [3.8, 4) is 6.07 Å². The Bertz CT molecular complexity index is 722. The van der Waals surface area contributed by atoms with Crippen LogP contribution in [0.5, 0.6) is 0 Å². The number of hydrogen-bond donors (Lipinski definition) is 2. The van der Waals surface area contributed by atoms with E-state index in [9.17, 15) is 8.42 Å². The first-order valence-electron chi connectivity index (χ1n) is 6.26. The van der Waals surface area contributed by atoms with E-state index in [1.165, 1.54) is 18.3 Å². The SMILES string of the molecule is N#CCCNc1ccc(S(=O)(=O)Nc2ccccn2)cc1. The molecule has 0 radical (unpaired) electrons. The van der Waals surface area contributed by atoms with Gasteiger partial charge >= 0.3 is 0 Å². The number of nitrogens with zero attached hydrogens (tertiary/aromatic N) is 2. The van der Waals surface area contributed by atoms with E-state index in [4.69, 9.17) is 5.26 Å². The highest BCUT2D eigenvalue weighted by molar-refractivity contribution is 7.92. The van der Waals surface area contributed by atoms with Crippen molar-refractivity contribution in [3.05, 3.63) is 48.7 Å². The van der Waals surface area contributed by atoms with Crippen LogP contribution in [-0.2, 0) is 10.0 Å². The molecule has 0 amide bonds. The molecule has 0 saturated heterocycles. The molecule has 0 aliphatic carbocycles. The third-order valence-electron chi connectivity index (χ3n) is 2.63. The summed E-state index contributed by atoms with van der Waals surface area (Å²) in [5.74, 6) is 0.272. The molecule has 6 nitrogen and oxygen atoms in total. The minimum atomic E-state index is -3.65. The Hall–Kier alpha value is -2.59. The number of anilines is 2. The van der Waals surface area contributed by atoms with Gasteiger partial charge < -0.3 is 5.32 Å². The van der Waals surface area contributed by atoms with Gasteiger partial charge in [-0.1, -0.05) is 6.07 Å². The molecule has 0 saturated carbocycles. The Morgan fingerprint density at radius 3 is 2.52 bits per heavy atom. The third-order valence-corrected chi connectivity index (χ3v) is 4.01. The van der Waals surface area contributed by atoms with Crippen LogP contribution < -0.4 is 10.0 Å². The van der Waals surface area contributed by atoms with E-state index in [-0.39, 0.29) is 10.7 Å². The minimum Gasteiger partial charge on any atom is -0.384 e. The maximum atomic E-state index is 12.2. The van der Waals surface area contributed by atoms with Gasteiger partial charge in [-0.25, -0.2) is 13.4 Å². The van der Waals surface area contributed by atoms with Gasteiger partial charge in [0, 0.05) is 18.4 Å². The zero-order chi connectivity index (χ0) is 15.1. The van der Waals surface area contributed by atoms with Crippen molar-refractivity contribution in [2.24, 2.45) is 0 Å². The summed E-state index contributed by atoms with van der Waals surface area (Å²) in [4.78, 5) is 4.08. The van der Waals surface area contributed by atoms with Gasteiger partial charge in [0.05, 0.1) is 17.4 Å². The standard InChI is InChI=1S/C14H14N4O2S/c15-9-3-11-16-12-5-7-13(8-6-12)21(19,20)18-14-4-1-2-10-17-14/h1-2,4-8,10,16H,3,11H2,(H,17,18). The molecule has 7 heteroatoms. The van der Waals surface area contributed by atoms with Crippen LogP contribution in [0.1, 0.15) is 6.42 Å². The first-order chi connectivity index (χ1) is 10.1. The second-order valence-corrected chi connectivity index (χ2v) is 5.86. The summed E-state index contributed by atoms with van der Waals surface area (Å²) in [5, 5.41) is 11.5. The van der Waals surface area contributed by atoms with Crippen LogP contribution in [0.25, 0.3) is 0 Å². The van der Waals surface area contributed by atoms with Gasteiger partial charge in [-0.2, -0.15) is 5.26 Å². The molecule has 0 bridgehead atoms. The number of benzene rings is 1. The lowest BCUT2D eigenvalue weighted by atomic mass is 10.3. The fourth-order valence-corrected chi connectivity index (χ4v) is 2.64. The summed E-state index contributed by atoms with van der Waals surface area (Å²) >= 11 is 0.